The number of oxazole rings is 1. The number of aromatic nitrogens is 1. The average Bonchev–Trinajstić information content (AvgIpc) is 2.96. The molecule has 1 aliphatic rings. The molecule has 0 saturated carbocycles. The van der Waals surface area contributed by atoms with Crippen LogP contribution in [0.25, 0.3) is 11.3 Å². The van der Waals surface area contributed by atoms with Crippen molar-refractivity contribution < 1.29 is 9.15 Å². The summed E-state index contributed by atoms with van der Waals surface area (Å²) in [5.41, 5.74) is 6.58. The van der Waals surface area contributed by atoms with Crippen LogP contribution in [0, 0.1) is 0 Å². The molecule has 1 aromatic carbocycles. The van der Waals surface area contributed by atoms with Crippen LogP contribution >= 0.6 is 36.4 Å². The van der Waals surface area contributed by atoms with E-state index in [9.17, 15) is 0 Å². The standard InChI is InChI=1S/C15H18ClN3O2.2ClH/c16-12-3-1-2-11(6-12)14-8-18-15(21-14)10-19-4-5-20-13(7-17)9-19;;/h1-3,6,8,13H,4-5,7,9-10,17H2;2*1H. The van der Waals surface area contributed by atoms with Gasteiger partial charge >= 0.3 is 0 Å². The highest BCUT2D eigenvalue weighted by atomic mass is 35.5. The highest BCUT2D eigenvalue weighted by Gasteiger charge is 2.20. The van der Waals surface area contributed by atoms with E-state index in [0.29, 0.717) is 30.6 Å². The molecule has 3 rings (SSSR count). The molecule has 2 heterocycles. The van der Waals surface area contributed by atoms with Crippen LogP contribution in [0.5, 0.6) is 0 Å². The van der Waals surface area contributed by atoms with Gasteiger partial charge in [0.25, 0.3) is 0 Å². The Morgan fingerprint density at radius 2 is 2.17 bits per heavy atom. The first-order valence-corrected chi connectivity index (χ1v) is 7.37. The fourth-order valence-corrected chi connectivity index (χ4v) is 2.61. The molecule has 2 aromatic rings. The lowest BCUT2D eigenvalue weighted by Gasteiger charge is -2.31. The molecule has 0 spiro atoms. The summed E-state index contributed by atoms with van der Waals surface area (Å²) in [6, 6.07) is 7.55. The number of nitrogens with two attached hydrogens (primary N) is 1. The fourth-order valence-electron chi connectivity index (χ4n) is 2.42. The molecule has 1 fully saturated rings. The van der Waals surface area contributed by atoms with E-state index in [1.807, 2.05) is 24.3 Å². The Morgan fingerprint density at radius 1 is 1.35 bits per heavy atom. The molecular weight excluding hydrogens is 361 g/mol. The maximum atomic E-state index is 5.99. The molecule has 8 heteroatoms. The predicted octanol–water partition coefficient (Wildman–Crippen LogP) is 3.00. The number of ether oxygens (including phenoxy) is 1. The molecule has 1 aliphatic heterocycles. The SMILES string of the molecule is Cl.Cl.NCC1CN(Cc2ncc(-c3cccc(Cl)c3)o2)CCO1. The number of halogens is 3. The lowest BCUT2D eigenvalue weighted by molar-refractivity contribution is -0.0283. The Hall–Kier alpha value is -0.820. The fraction of sp³-hybridized carbons (Fsp3) is 0.400. The van der Waals surface area contributed by atoms with Gasteiger partial charge in [0, 0.05) is 30.2 Å². The topological polar surface area (TPSA) is 64.5 Å². The van der Waals surface area contributed by atoms with Gasteiger partial charge in [-0.15, -0.1) is 24.8 Å². The third kappa shape index (κ3) is 5.35. The Bertz CT molecular complexity index is 609. The molecule has 0 radical (unpaired) electrons. The summed E-state index contributed by atoms with van der Waals surface area (Å²) in [5.74, 6) is 1.43. The largest absolute Gasteiger partial charge is 0.439 e. The molecule has 5 nitrogen and oxygen atoms in total. The molecule has 1 atom stereocenters. The maximum Gasteiger partial charge on any atom is 0.209 e. The lowest BCUT2D eigenvalue weighted by Crippen LogP contribution is -2.45. The first-order chi connectivity index (χ1) is 10.2. The van der Waals surface area contributed by atoms with Crippen molar-refractivity contribution in [2.45, 2.75) is 12.6 Å². The number of hydrogen-bond acceptors (Lipinski definition) is 5. The molecule has 1 saturated heterocycles. The van der Waals surface area contributed by atoms with Crippen molar-refractivity contribution in [2.75, 3.05) is 26.2 Å². The number of morpholine rings is 1. The van der Waals surface area contributed by atoms with E-state index in [2.05, 4.69) is 9.88 Å². The van der Waals surface area contributed by atoms with Crippen LogP contribution in [0.4, 0.5) is 0 Å². The van der Waals surface area contributed by atoms with E-state index >= 15 is 0 Å². The third-order valence-corrected chi connectivity index (χ3v) is 3.74. The van der Waals surface area contributed by atoms with E-state index in [1.165, 1.54) is 0 Å². The van der Waals surface area contributed by atoms with Crippen LogP contribution in [0.1, 0.15) is 5.89 Å². The smallest absolute Gasteiger partial charge is 0.209 e. The Labute approximate surface area is 153 Å². The van der Waals surface area contributed by atoms with Crippen molar-refractivity contribution in [3.05, 3.63) is 41.4 Å². The van der Waals surface area contributed by atoms with Gasteiger partial charge in [-0.1, -0.05) is 23.7 Å². The molecule has 0 aliphatic carbocycles. The Balaban J connectivity index is 0.00000132. The number of rotatable bonds is 4. The summed E-state index contributed by atoms with van der Waals surface area (Å²) < 4.78 is 11.4. The molecule has 0 bridgehead atoms. The second-order valence-corrected chi connectivity index (χ2v) is 5.53. The molecule has 1 aromatic heterocycles. The van der Waals surface area contributed by atoms with Gasteiger partial charge in [-0.2, -0.15) is 0 Å². The van der Waals surface area contributed by atoms with Crippen LogP contribution < -0.4 is 5.73 Å². The second-order valence-electron chi connectivity index (χ2n) is 5.09. The molecular formula is C15H20Cl3N3O2. The normalized spacial score (nSPS) is 18.1. The molecule has 128 valence electrons. The quantitative estimate of drug-likeness (QED) is 0.883. The van der Waals surface area contributed by atoms with Gasteiger partial charge in [-0.25, -0.2) is 4.98 Å². The van der Waals surface area contributed by atoms with Crippen molar-refractivity contribution >= 4 is 36.4 Å². The minimum atomic E-state index is 0. The Kier molecular flexibility index (Phi) is 8.33. The summed E-state index contributed by atoms with van der Waals surface area (Å²) in [6.07, 6.45) is 1.84. The average molecular weight is 381 g/mol. The Morgan fingerprint density at radius 3 is 2.91 bits per heavy atom. The van der Waals surface area contributed by atoms with Gasteiger partial charge < -0.3 is 14.9 Å². The van der Waals surface area contributed by atoms with Gasteiger partial charge in [0.05, 0.1) is 25.5 Å². The predicted molar refractivity (Wildman–Crippen MR) is 95.5 cm³/mol. The van der Waals surface area contributed by atoms with Crippen LogP contribution in [0.2, 0.25) is 5.02 Å². The van der Waals surface area contributed by atoms with Crippen molar-refractivity contribution in [1.82, 2.24) is 9.88 Å². The summed E-state index contributed by atoms with van der Waals surface area (Å²) in [5, 5.41) is 0.685. The van der Waals surface area contributed by atoms with Gasteiger partial charge in [0.2, 0.25) is 5.89 Å². The molecule has 0 amide bonds. The van der Waals surface area contributed by atoms with E-state index < -0.39 is 0 Å². The van der Waals surface area contributed by atoms with E-state index in [0.717, 1.165) is 24.4 Å². The van der Waals surface area contributed by atoms with Gasteiger partial charge in [-0.3, -0.25) is 4.90 Å². The zero-order valence-corrected chi connectivity index (χ0v) is 14.9. The highest BCUT2D eigenvalue weighted by Crippen LogP contribution is 2.24. The first-order valence-electron chi connectivity index (χ1n) is 6.99. The minimum absolute atomic E-state index is 0. The zero-order valence-electron chi connectivity index (χ0n) is 12.5. The van der Waals surface area contributed by atoms with Gasteiger partial charge in [-0.05, 0) is 12.1 Å². The summed E-state index contributed by atoms with van der Waals surface area (Å²) in [4.78, 5) is 6.59. The maximum absolute atomic E-state index is 5.99. The van der Waals surface area contributed by atoms with Crippen LogP contribution in [-0.2, 0) is 11.3 Å². The minimum Gasteiger partial charge on any atom is -0.439 e. The number of nitrogens with zero attached hydrogens (tertiary/aromatic N) is 2. The highest BCUT2D eigenvalue weighted by molar-refractivity contribution is 6.30. The third-order valence-electron chi connectivity index (χ3n) is 3.51. The summed E-state index contributed by atoms with van der Waals surface area (Å²) in [7, 11) is 0. The molecule has 2 N–H and O–H groups in total. The zero-order chi connectivity index (χ0) is 14.7. The van der Waals surface area contributed by atoms with Crippen LogP contribution in [0.3, 0.4) is 0 Å². The van der Waals surface area contributed by atoms with E-state index in [-0.39, 0.29) is 30.9 Å². The summed E-state index contributed by atoms with van der Waals surface area (Å²) in [6.45, 7) is 3.58. The van der Waals surface area contributed by atoms with Crippen molar-refractivity contribution in [2.24, 2.45) is 5.73 Å². The van der Waals surface area contributed by atoms with Crippen molar-refractivity contribution in [1.29, 1.82) is 0 Å². The van der Waals surface area contributed by atoms with Crippen molar-refractivity contribution in [3.63, 3.8) is 0 Å². The van der Waals surface area contributed by atoms with Crippen LogP contribution in [0.15, 0.2) is 34.9 Å². The van der Waals surface area contributed by atoms with E-state index in [1.54, 1.807) is 6.20 Å². The van der Waals surface area contributed by atoms with E-state index in [4.69, 9.17) is 26.5 Å². The number of benzene rings is 1. The van der Waals surface area contributed by atoms with Crippen LogP contribution in [-0.4, -0.2) is 42.2 Å². The summed E-state index contributed by atoms with van der Waals surface area (Å²) >= 11 is 5.99. The van der Waals surface area contributed by atoms with Crippen molar-refractivity contribution in [3.8, 4) is 11.3 Å². The molecule has 1 unspecified atom stereocenters. The monoisotopic (exact) mass is 379 g/mol. The second kappa shape index (κ2) is 9.47. The number of hydrogen-bond donors (Lipinski definition) is 1. The van der Waals surface area contributed by atoms with Gasteiger partial charge in [0.15, 0.2) is 5.76 Å². The lowest BCUT2D eigenvalue weighted by atomic mass is 10.2. The molecule has 23 heavy (non-hydrogen) atoms. The van der Waals surface area contributed by atoms with Gasteiger partial charge in [0.1, 0.15) is 0 Å². The first kappa shape index (κ1) is 20.2.